The van der Waals surface area contributed by atoms with E-state index in [2.05, 4.69) is 17.2 Å². The average molecular weight is 431 g/mol. The summed E-state index contributed by atoms with van der Waals surface area (Å²) in [5, 5.41) is 3.47. The van der Waals surface area contributed by atoms with Gasteiger partial charge in [0.1, 0.15) is 10.6 Å². The van der Waals surface area contributed by atoms with Gasteiger partial charge < -0.3 is 15.5 Å². The number of carbonyl (C=O) groups is 2. The van der Waals surface area contributed by atoms with Gasteiger partial charge in [-0.15, -0.1) is 11.3 Å². The van der Waals surface area contributed by atoms with Crippen LogP contribution in [-0.4, -0.2) is 21.2 Å². The third kappa shape index (κ3) is 3.61. The summed E-state index contributed by atoms with van der Waals surface area (Å²) in [6.45, 7) is 2.20. The number of pyridine rings is 1. The summed E-state index contributed by atoms with van der Waals surface area (Å²) in [6.07, 6.45) is 6.52. The highest BCUT2D eigenvalue weighted by Gasteiger charge is 2.27. The number of hydrogen-bond donors (Lipinski definition) is 2. The summed E-state index contributed by atoms with van der Waals surface area (Å²) < 4.78 is 1.89. The van der Waals surface area contributed by atoms with Gasteiger partial charge in [0.05, 0.1) is 11.3 Å². The lowest BCUT2D eigenvalue weighted by Gasteiger charge is -2.18. The van der Waals surface area contributed by atoms with Gasteiger partial charge in [0.15, 0.2) is 0 Å². The van der Waals surface area contributed by atoms with Gasteiger partial charge in [-0.2, -0.15) is 0 Å². The number of primary amides is 1. The molecule has 3 N–H and O–H groups in total. The SMILES string of the molecule is CC1CCc2c(sc(NC(=O)c3ccn4cc(-c5ccccc5)nc4c3)c2C(N)=O)C1. The maximum Gasteiger partial charge on any atom is 0.256 e. The number of nitrogens with one attached hydrogen (secondary N) is 1. The van der Waals surface area contributed by atoms with Crippen molar-refractivity contribution in [3.05, 3.63) is 76.4 Å². The fourth-order valence-corrected chi connectivity index (χ4v) is 5.56. The van der Waals surface area contributed by atoms with Crippen molar-refractivity contribution >= 4 is 33.8 Å². The summed E-state index contributed by atoms with van der Waals surface area (Å²) >= 11 is 1.47. The zero-order valence-corrected chi connectivity index (χ0v) is 17.9. The van der Waals surface area contributed by atoms with E-state index < -0.39 is 5.91 Å². The lowest BCUT2D eigenvalue weighted by atomic mass is 9.88. The predicted molar refractivity (Wildman–Crippen MR) is 123 cm³/mol. The van der Waals surface area contributed by atoms with Gasteiger partial charge in [-0.3, -0.25) is 9.59 Å². The van der Waals surface area contributed by atoms with Gasteiger partial charge >= 0.3 is 0 Å². The minimum Gasteiger partial charge on any atom is -0.365 e. The monoisotopic (exact) mass is 430 g/mol. The predicted octanol–water partition coefficient (Wildman–Crippen LogP) is 4.54. The number of imidazole rings is 1. The second-order valence-electron chi connectivity index (χ2n) is 8.05. The van der Waals surface area contributed by atoms with Crippen LogP contribution in [-0.2, 0) is 12.8 Å². The average Bonchev–Trinajstić information content (AvgIpc) is 3.34. The van der Waals surface area contributed by atoms with Crippen LogP contribution in [0.5, 0.6) is 0 Å². The Bertz CT molecular complexity index is 1310. The van der Waals surface area contributed by atoms with Gasteiger partial charge in [-0.25, -0.2) is 4.98 Å². The van der Waals surface area contributed by atoms with E-state index in [9.17, 15) is 9.59 Å². The molecule has 0 bridgehead atoms. The number of aromatic nitrogens is 2. The van der Waals surface area contributed by atoms with E-state index in [1.807, 2.05) is 47.1 Å². The smallest absolute Gasteiger partial charge is 0.256 e. The largest absolute Gasteiger partial charge is 0.365 e. The summed E-state index contributed by atoms with van der Waals surface area (Å²) in [6, 6.07) is 13.4. The van der Waals surface area contributed by atoms with Crippen LogP contribution >= 0.6 is 11.3 Å². The maximum absolute atomic E-state index is 13.0. The number of fused-ring (bicyclic) bond motifs is 2. The molecule has 1 atom stereocenters. The molecular formula is C24H22N4O2S. The zero-order valence-electron chi connectivity index (χ0n) is 17.1. The van der Waals surface area contributed by atoms with Crippen LogP contribution in [0.15, 0.2) is 54.9 Å². The van der Waals surface area contributed by atoms with Crippen LogP contribution in [0.2, 0.25) is 0 Å². The summed E-state index contributed by atoms with van der Waals surface area (Å²) in [7, 11) is 0. The zero-order chi connectivity index (χ0) is 21.5. The van der Waals surface area contributed by atoms with Gasteiger partial charge in [-0.05, 0) is 42.9 Å². The van der Waals surface area contributed by atoms with Crippen molar-refractivity contribution in [2.24, 2.45) is 11.7 Å². The Kier molecular flexibility index (Phi) is 4.82. The maximum atomic E-state index is 13.0. The Balaban J connectivity index is 1.45. The van der Waals surface area contributed by atoms with E-state index in [1.54, 1.807) is 12.1 Å². The van der Waals surface area contributed by atoms with Crippen LogP contribution in [0.4, 0.5) is 5.00 Å². The third-order valence-electron chi connectivity index (χ3n) is 5.78. The highest BCUT2D eigenvalue weighted by Crippen LogP contribution is 2.39. The number of nitrogens with zero attached hydrogens (tertiary/aromatic N) is 2. The quantitative estimate of drug-likeness (QED) is 0.498. The van der Waals surface area contributed by atoms with Crippen LogP contribution < -0.4 is 11.1 Å². The van der Waals surface area contributed by atoms with E-state index in [4.69, 9.17) is 5.73 Å². The molecule has 2 amide bonds. The number of thiophene rings is 1. The van der Waals surface area contributed by atoms with Crippen molar-refractivity contribution in [2.45, 2.75) is 26.2 Å². The molecule has 156 valence electrons. The molecule has 3 aromatic heterocycles. The topological polar surface area (TPSA) is 89.5 Å². The Labute approximate surface area is 183 Å². The minimum atomic E-state index is -0.487. The van der Waals surface area contributed by atoms with Crippen molar-refractivity contribution in [2.75, 3.05) is 5.32 Å². The Hall–Kier alpha value is -3.45. The second-order valence-corrected chi connectivity index (χ2v) is 9.15. The number of anilines is 1. The number of benzene rings is 1. The molecule has 5 rings (SSSR count). The van der Waals surface area contributed by atoms with Crippen molar-refractivity contribution < 1.29 is 9.59 Å². The van der Waals surface area contributed by atoms with Crippen LogP contribution in [0.1, 0.15) is 44.5 Å². The molecule has 1 aliphatic carbocycles. The fourth-order valence-electron chi connectivity index (χ4n) is 4.15. The first-order valence-corrected chi connectivity index (χ1v) is 11.1. The Morgan fingerprint density at radius 1 is 1.23 bits per heavy atom. The molecule has 1 unspecified atom stereocenters. The molecule has 0 saturated carbocycles. The molecule has 0 radical (unpaired) electrons. The minimum absolute atomic E-state index is 0.277. The van der Waals surface area contributed by atoms with E-state index in [0.717, 1.165) is 41.0 Å². The van der Waals surface area contributed by atoms with Gasteiger partial charge in [0.2, 0.25) is 0 Å². The van der Waals surface area contributed by atoms with E-state index in [0.29, 0.717) is 27.7 Å². The molecule has 4 aromatic rings. The highest BCUT2D eigenvalue weighted by atomic mass is 32.1. The first-order valence-electron chi connectivity index (χ1n) is 10.3. The van der Waals surface area contributed by atoms with E-state index >= 15 is 0 Å². The Morgan fingerprint density at radius 3 is 2.81 bits per heavy atom. The molecule has 7 heteroatoms. The van der Waals surface area contributed by atoms with Crippen LogP contribution in [0.25, 0.3) is 16.9 Å². The number of nitrogens with two attached hydrogens (primary N) is 1. The first kappa shape index (κ1) is 19.5. The lowest BCUT2D eigenvalue weighted by Crippen LogP contribution is -2.19. The molecule has 6 nitrogen and oxygen atoms in total. The molecule has 3 heterocycles. The molecule has 0 fully saturated rings. The fraction of sp³-hybridized carbons (Fsp3) is 0.208. The molecular weight excluding hydrogens is 408 g/mol. The molecule has 31 heavy (non-hydrogen) atoms. The highest BCUT2D eigenvalue weighted by molar-refractivity contribution is 7.17. The standard InChI is InChI=1S/C24H22N4O2S/c1-14-7-8-17-19(11-14)31-24(21(17)22(25)29)27-23(30)16-9-10-28-13-18(26-20(28)12-16)15-5-3-2-4-6-15/h2-6,9-10,12-14H,7-8,11H2,1H3,(H2,25,29)(H,27,30). The summed E-state index contributed by atoms with van der Waals surface area (Å²) in [4.78, 5) is 30.9. The summed E-state index contributed by atoms with van der Waals surface area (Å²) in [5.74, 6) is -0.198. The lowest BCUT2D eigenvalue weighted by molar-refractivity contribution is 0.1000. The number of hydrogen-bond acceptors (Lipinski definition) is 4. The van der Waals surface area contributed by atoms with Crippen molar-refractivity contribution in [3.63, 3.8) is 0 Å². The molecule has 0 aliphatic heterocycles. The summed E-state index contributed by atoms with van der Waals surface area (Å²) in [5.41, 5.74) is 10.2. The number of carbonyl (C=O) groups excluding carboxylic acids is 2. The van der Waals surface area contributed by atoms with Gasteiger partial charge in [0.25, 0.3) is 11.8 Å². The number of amides is 2. The molecule has 1 aromatic carbocycles. The normalized spacial score (nSPS) is 15.6. The second kappa shape index (κ2) is 7.67. The van der Waals surface area contributed by atoms with Crippen LogP contribution in [0.3, 0.4) is 0 Å². The van der Waals surface area contributed by atoms with E-state index in [-0.39, 0.29) is 5.91 Å². The molecule has 0 saturated heterocycles. The van der Waals surface area contributed by atoms with E-state index in [1.165, 1.54) is 11.3 Å². The molecule has 1 aliphatic rings. The van der Waals surface area contributed by atoms with Gasteiger partial charge in [-0.1, -0.05) is 37.3 Å². The first-order chi connectivity index (χ1) is 15.0. The Morgan fingerprint density at radius 2 is 2.03 bits per heavy atom. The molecule has 0 spiro atoms. The van der Waals surface area contributed by atoms with Crippen molar-refractivity contribution in [1.29, 1.82) is 0 Å². The van der Waals surface area contributed by atoms with Crippen molar-refractivity contribution in [1.82, 2.24) is 9.38 Å². The third-order valence-corrected chi connectivity index (χ3v) is 6.95. The van der Waals surface area contributed by atoms with Gasteiger partial charge in [0, 0.05) is 28.4 Å². The number of rotatable bonds is 4. The van der Waals surface area contributed by atoms with Crippen molar-refractivity contribution in [3.8, 4) is 11.3 Å². The van der Waals surface area contributed by atoms with Crippen LogP contribution in [0, 0.1) is 5.92 Å².